The SMILES string of the molecule is CCCC(C(=O)Nc1c(C)cccc1C)[PH]1(CC(=O)OCc2ccccc2)CCCCCC1. The summed E-state index contributed by atoms with van der Waals surface area (Å²) < 4.78 is 5.73. The molecule has 1 heterocycles. The zero-order valence-corrected chi connectivity index (χ0v) is 21.5. The van der Waals surface area contributed by atoms with Gasteiger partial charge in [-0.2, -0.15) is 0 Å². The summed E-state index contributed by atoms with van der Waals surface area (Å²) in [6.07, 6.45) is 8.95. The zero-order valence-electron chi connectivity index (χ0n) is 20.5. The molecule has 1 N–H and O–H groups in total. The molecule has 0 radical (unpaired) electrons. The third-order valence-electron chi connectivity index (χ3n) is 7.20. The summed E-state index contributed by atoms with van der Waals surface area (Å²) in [6.45, 7) is 6.53. The molecule has 0 spiro atoms. The fraction of sp³-hybridized carbons (Fsp3) is 0.500. The van der Waals surface area contributed by atoms with Gasteiger partial charge in [0, 0.05) is 0 Å². The van der Waals surface area contributed by atoms with Crippen LogP contribution in [-0.2, 0) is 20.9 Å². The number of aryl methyl sites for hydroxylation is 2. The number of esters is 1. The monoisotopic (exact) mass is 469 g/mol. The van der Waals surface area contributed by atoms with E-state index in [4.69, 9.17) is 4.74 Å². The number of hydrogen-bond donors (Lipinski definition) is 1. The molecule has 4 nitrogen and oxygen atoms in total. The van der Waals surface area contributed by atoms with E-state index in [0.717, 1.165) is 60.4 Å². The summed E-state index contributed by atoms with van der Waals surface area (Å²) in [5.74, 6) is -0.0212. The number of para-hydroxylation sites is 1. The molecule has 1 fully saturated rings. The molecule has 5 heteroatoms. The molecule has 1 aliphatic rings. The zero-order chi connectivity index (χ0) is 23.7. The molecule has 3 rings (SSSR count). The fourth-order valence-electron chi connectivity index (χ4n) is 5.38. The first-order chi connectivity index (χ1) is 15.9. The molecule has 1 amide bonds. The predicted octanol–water partition coefficient (Wildman–Crippen LogP) is 6.48. The summed E-state index contributed by atoms with van der Waals surface area (Å²) in [6, 6.07) is 15.9. The van der Waals surface area contributed by atoms with Crippen molar-refractivity contribution < 1.29 is 14.3 Å². The summed E-state index contributed by atoms with van der Waals surface area (Å²) in [7, 11) is -2.22. The Morgan fingerprint density at radius 3 is 2.18 bits per heavy atom. The van der Waals surface area contributed by atoms with E-state index in [0.29, 0.717) is 12.8 Å². The number of amides is 1. The quantitative estimate of drug-likeness (QED) is 0.338. The van der Waals surface area contributed by atoms with Crippen molar-refractivity contribution in [1.29, 1.82) is 0 Å². The number of hydrogen-bond acceptors (Lipinski definition) is 3. The van der Waals surface area contributed by atoms with Crippen LogP contribution in [0.25, 0.3) is 0 Å². The van der Waals surface area contributed by atoms with Crippen molar-refractivity contribution in [1.82, 2.24) is 0 Å². The average Bonchev–Trinajstić information content (AvgIpc) is 3.05. The van der Waals surface area contributed by atoms with Crippen molar-refractivity contribution in [2.75, 3.05) is 23.8 Å². The second-order valence-electron chi connectivity index (χ2n) is 9.70. The van der Waals surface area contributed by atoms with Crippen LogP contribution in [0, 0.1) is 13.8 Å². The van der Waals surface area contributed by atoms with E-state index in [2.05, 4.69) is 12.2 Å². The third-order valence-corrected chi connectivity index (χ3v) is 12.9. The van der Waals surface area contributed by atoms with Crippen molar-refractivity contribution in [2.45, 2.75) is 71.6 Å². The molecule has 1 saturated heterocycles. The van der Waals surface area contributed by atoms with Crippen molar-refractivity contribution in [3.8, 4) is 0 Å². The number of carbonyl (C=O) groups is 2. The molecule has 33 heavy (non-hydrogen) atoms. The number of nitrogens with one attached hydrogen (secondary N) is 1. The van der Waals surface area contributed by atoms with Crippen LogP contribution < -0.4 is 5.32 Å². The Balaban J connectivity index is 1.81. The van der Waals surface area contributed by atoms with Gasteiger partial charge >= 0.3 is 200 Å². The van der Waals surface area contributed by atoms with Crippen LogP contribution in [0.3, 0.4) is 0 Å². The van der Waals surface area contributed by atoms with E-state index in [-0.39, 0.29) is 17.5 Å². The molecule has 0 aliphatic carbocycles. The molecule has 180 valence electrons. The molecule has 1 atom stereocenters. The summed E-state index contributed by atoms with van der Waals surface area (Å²) >= 11 is 0. The molecule has 2 aromatic carbocycles. The maximum absolute atomic E-state index is 13.8. The van der Waals surface area contributed by atoms with Gasteiger partial charge in [-0.15, -0.1) is 0 Å². The Kier molecular flexibility index (Phi) is 9.50. The van der Waals surface area contributed by atoms with Gasteiger partial charge in [-0.25, -0.2) is 0 Å². The molecule has 0 saturated carbocycles. The Labute approximate surface area is 199 Å². The number of ether oxygens (including phenoxy) is 1. The molecule has 0 bridgehead atoms. The van der Waals surface area contributed by atoms with E-state index < -0.39 is 7.26 Å². The number of carbonyl (C=O) groups excluding carboxylic acids is 2. The molecule has 1 unspecified atom stereocenters. The Bertz CT molecular complexity index is 900. The second kappa shape index (κ2) is 12.3. The first kappa shape index (κ1) is 25.4. The van der Waals surface area contributed by atoms with E-state index in [9.17, 15) is 9.59 Å². The van der Waals surface area contributed by atoms with Gasteiger partial charge in [0.15, 0.2) is 0 Å². The standard InChI is InChI=1S/C28H40NO3P/c1-4-13-25(28(31)29-27-22(2)14-12-15-23(27)3)33(18-10-5-6-11-19-33)21-26(30)32-20-24-16-8-7-9-17-24/h7-9,12,14-17,25,33H,4-6,10-11,13,18-21H2,1-3H3,(H,29,31). The summed E-state index contributed by atoms with van der Waals surface area (Å²) in [4.78, 5) is 26.8. The molecular weight excluding hydrogens is 429 g/mol. The van der Waals surface area contributed by atoms with Crippen molar-refractivity contribution >= 4 is 24.8 Å². The van der Waals surface area contributed by atoms with Crippen molar-refractivity contribution in [3.05, 3.63) is 65.2 Å². The van der Waals surface area contributed by atoms with E-state index in [1.54, 1.807) is 0 Å². The van der Waals surface area contributed by atoms with Crippen LogP contribution in [-0.4, -0.2) is 36.0 Å². The van der Waals surface area contributed by atoms with Crippen LogP contribution in [0.1, 0.15) is 62.1 Å². The maximum atomic E-state index is 13.8. The van der Waals surface area contributed by atoms with Gasteiger partial charge in [0.05, 0.1) is 0 Å². The van der Waals surface area contributed by atoms with Crippen LogP contribution in [0.5, 0.6) is 0 Å². The number of benzene rings is 2. The molecule has 1 aliphatic heterocycles. The van der Waals surface area contributed by atoms with Gasteiger partial charge in [-0.1, -0.05) is 0 Å². The minimum absolute atomic E-state index is 0.0659. The van der Waals surface area contributed by atoms with E-state index in [1.165, 1.54) is 12.8 Å². The average molecular weight is 470 g/mol. The summed E-state index contributed by atoms with van der Waals surface area (Å²) in [5.41, 5.74) is 4.02. The van der Waals surface area contributed by atoms with Gasteiger partial charge in [0.2, 0.25) is 0 Å². The van der Waals surface area contributed by atoms with E-state index in [1.807, 2.05) is 62.4 Å². The van der Waals surface area contributed by atoms with E-state index >= 15 is 0 Å². The topological polar surface area (TPSA) is 55.4 Å². The first-order valence-electron chi connectivity index (χ1n) is 12.5. The molecule has 0 aromatic heterocycles. The Hall–Kier alpha value is -2.19. The molecular formula is C28H40NO3P. The van der Waals surface area contributed by atoms with Crippen molar-refractivity contribution in [2.24, 2.45) is 0 Å². The van der Waals surface area contributed by atoms with Gasteiger partial charge in [-0.05, 0) is 0 Å². The summed E-state index contributed by atoms with van der Waals surface area (Å²) in [5, 5.41) is 3.28. The Morgan fingerprint density at radius 2 is 1.58 bits per heavy atom. The first-order valence-corrected chi connectivity index (χ1v) is 15.2. The van der Waals surface area contributed by atoms with Crippen LogP contribution in [0.15, 0.2) is 48.5 Å². The Morgan fingerprint density at radius 1 is 0.939 bits per heavy atom. The van der Waals surface area contributed by atoms with Crippen molar-refractivity contribution in [3.63, 3.8) is 0 Å². The van der Waals surface area contributed by atoms with Crippen LogP contribution in [0.4, 0.5) is 5.69 Å². The number of anilines is 1. The minimum atomic E-state index is -2.22. The molecule has 2 aromatic rings. The third kappa shape index (κ3) is 6.90. The van der Waals surface area contributed by atoms with Crippen LogP contribution in [0.2, 0.25) is 0 Å². The normalized spacial score (nSPS) is 17.4. The van der Waals surface area contributed by atoms with Gasteiger partial charge in [0.25, 0.3) is 0 Å². The van der Waals surface area contributed by atoms with Crippen LogP contribution >= 0.6 is 7.26 Å². The van der Waals surface area contributed by atoms with Gasteiger partial charge < -0.3 is 0 Å². The predicted molar refractivity (Wildman–Crippen MR) is 141 cm³/mol. The second-order valence-corrected chi connectivity index (χ2v) is 14.5. The van der Waals surface area contributed by atoms with Gasteiger partial charge in [0.1, 0.15) is 0 Å². The van der Waals surface area contributed by atoms with Gasteiger partial charge in [-0.3, -0.25) is 0 Å². The fourth-order valence-corrected chi connectivity index (χ4v) is 11.0. The number of rotatable bonds is 9.